The van der Waals surface area contributed by atoms with Gasteiger partial charge in [-0.1, -0.05) is 87.5 Å². The molecule has 0 aliphatic heterocycles. The summed E-state index contributed by atoms with van der Waals surface area (Å²) in [6, 6.07) is 34.3. The van der Waals surface area contributed by atoms with Crippen molar-refractivity contribution in [3.05, 3.63) is 120 Å². The molecule has 5 heteroatoms. The number of esters is 1. The van der Waals surface area contributed by atoms with E-state index in [0.717, 1.165) is 34.5 Å². The Kier molecular flexibility index (Phi) is 9.53. The Morgan fingerprint density at radius 2 is 1.27 bits per heavy atom. The molecule has 204 valence electrons. The van der Waals surface area contributed by atoms with Gasteiger partial charge in [0, 0.05) is 17.1 Å². The first-order valence-corrected chi connectivity index (χ1v) is 13.4. The van der Waals surface area contributed by atoms with E-state index in [9.17, 15) is 9.59 Å². The van der Waals surface area contributed by atoms with Crippen molar-refractivity contribution in [3.63, 3.8) is 0 Å². The Labute approximate surface area is 236 Å². The molecule has 40 heavy (non-hydrogen) atoms. The second-order valence-electron chi connectivity index (χ2n) is 10.7. The van der Waals surface area contributed by atoms with Crippen LogP contribution >= 0.6 is 0 Å². The Morgan fingerprint density at radius 3 is 1.85 bits per heavy atom. The lowest BCUT2D eigenvalue weighted by molar-refractivity contribution is -0.146. The number of carbonyl (C=O) groups is 2. The standard InChI is InChI=1S/C35H35NO4/c1-35(2,3)25-34(38)40-23-22-39-33-24-28(16-19-29(33)26-37)15-14-27-17-20-32(21-18-27)36(30-10-6-4-7-11-30)31-12-8-5-9-13-31/h4-21,24,26H,22-23,25H2,1-3H3/b15-14+. The van der Waals surface area contributed by atoms with Crippen LogP contribution in [-0.2, 0) is 9.53 Å². The fraction of sp³-hybridized carbons (Fsp3) is 0.200. The van der Waals surface area contributed by atoms with E-state index >= 15 is 0 Å². The fourth-order valence-corrected chi connectivity index (χ4v) is 4.20. The number of carbonyl (C=O) groups excluding carboxylic acids is 2. The van der Waals surface area contributed by atoms with Gasteiger partial charge in [0.25, 0.3) is 0 Å². The highest BCUT2D eigenvalue weighted by Crippen LogP contribution is 2.34. The normalized spacial score (nSPS) is 11.3. The molecule has 0 aromatic heterocycles. The van der Waals surface area contributed by atoms with Gasteiger partial charge < -0.3 is 14.4 Å². The molecular formula is C35H35NO4. The van der Waals surface area contributed by atoms with E-state index in [0.29, 0.717) is 17.7 Å². The SMILES string of the molecule is CC(C)(C)CC(=O)OCCOc1cc(/C=C/c2ccc(N(c3ccccc3)c3ccccc3)cc2)ccc1C=O. The van der Waals surface area contributed by atoms with Gasteiger partial charge in [0.1, 0.15) is 19.0 Å². The lowest BCUT2D eigenvalue weighted by atomic mass is 9.93. The van der Waals surface area contributed by atoms with Crippen molar-refractivity contribution in [2.45, 2.75) is 27.2 Å². The molecule has 0 bridgehead atoms. The van der Waals surface area contributed by atoms with Gasteiger partial charge in [-0.25, -0.2) is 0 Å². The van der Waals surface area contributed by atoms with Crippen molar-refractivity contribution in [1.29, 1.82) is 0 Å². The highest BCUT2D eigenvalue weighted by molar-refractivity contribution is 5.82. The first-order valence-electron chi connectivity index (χ1n) is 13.4. The largest absolute Gasteiger partial charge is 0.489 e. The van der Waals surface area contributed by atoms with Crippen molar-refractivity contribution in [2.75, 3.05) is 18.1 Å². The van der Waals surface area contributed by atoms with Gasteiger partial charge in [-0.3, -0.25) is 9.59 Å². The van der Waals surface area contributed by atoms with Crippen LogP contribution in [0.25, 0.3) is 12.2 Å². The Balaban J connectivity index is 1.43. The molecule has 0 radical (unpaired) electrons. The summed E-state index contributed by atoms with van der Waals surface area (Å²) in [6.07, 6.45) is 5.10. The molecule has 0 spiro atoms. The third-order valence-electron chi connectivity index (χ3n) is 6.09. The molecule has 0 unspecified atom stereocenters. The average molecular weight is 534 g/mol. The summed E-state index contributed by atoms with van der Waals surface area (Å²) < 4.78 is 11.0. The van der Waals surface area contributed by atoms with Crippen LogP contribution in [0.2, 0.25) is 0 Å². The average Bonchev–Trinajstić information content (AvgIpc) is 2.95. The molecule has 4 aromatic carbocycles. The zero-order valence-electron chi connectivity index (χ0n) is 23.2. The van der Waals surface area contributed by atoms with E-state index in [2.05, 4.69) is 53.4 Å². The zero-order chi connectivity index (χ0) is 28.4. The third kappa shape index (κ3) is 8.18. The van der Waals surface area contributed by atoms with E-state index in [1.807, 2.05) is 81.5 Å². The third-order valence-corrected chi connectivity index (χ3v) is 6.09. The number of nitrogens with zero attached hydrogens (tertiary/aromatic N) is 1. The first-order chi connectivity index (χ1) is 19.3. The maximum atomic E-state index is 11.9. The molecule has 0 atom stereocenters. The van der Waals surface area contributed by atoms with Gasteiger partial charge in [0.05, 0.1) is 12.0 Å². The maximum absolute atomic E-state index is 11.9. The smallest absolute Gasteiger partial charge is 0.306 e. The van der Waals surface area contributed by atoms with Gasteiger partial charge in [-0.05, 0) is 65.1 Å². The highest BCUT2D eigenvalue weighted by Gasteiger charge is 2.17. The van der Waals surface area contributed by atoms with Crippen LogP contribution in [0.5, 0.6) is 5.75 Å². The van der Waals surface area contributed by atoms with Crippen molar-refractivity contribution in [2.24, 2.45) is 5.41 Å². The summed E-state index contributed by atoms with van der Waals surface area (Å²) in [6.45, 7) is 6.25. The second-order valence-corrected chi connectivity index (χ2v) is 10.7. The first kappa shape index (κ1) is 28.4. The molecule has 0 saturated heterocycles. The molecule has 5 nitrogen and oxygen atoms in total. The van der Waals surface area contributed by atoms with Crippen LogP contribution in [0, 0.1) is 5.41 Å². The van der Waals surface area contributed by atoms with Gasteiger partial charge in [-0.15, -0.1) is 0 Å². The summed E-state index contributed by atoms with van der Waals surface area (Å²) >= 11 is 0. The van der Waals surface area contributed by atoms with Crippen LogP contribution in [0.1, 0.15) is 48.7 Å². The number of ether oxygens (including phenoxy) is 2. The fourth-order valence-electron chi connectivity index (χ4n) is 4.20. The van der Waals surface area contributed by atoms with Crippen molar-refractivity contribution in [1.82, 2.24) is 0 Å². The highest BCUT2D eigenvalue weighted by atomic mass is 16.6. The topological polar surface area (TPSA) is 55.8 Å². The molecular weight excluding hydrogens is 498 g/mol. The lowest BCUT2D eigenvalue weighted by Gasteiger charge is -2.25. The van der Waals surface area contributed by atoms with Gasteiger partial charge in [0.15, 0.2) is 6.29 Å². The number of para-hydroxylation sites is 2. The molecule has 4 rings (SSSR count). The molecule has 0 aliphatic rings. The van der Waals surface area contributed by atoms with Gasteiger partial charge in [-0.2, -0.15) is 0 Å². The van der Waals surface area contributed by atoms with Gasteiger partial charge >= 0.3 is 5.97 Å². The predicted octanol–water partition coefficient (Wildman–Crippen LogP) is 8.50. The Bertz CT molecular complexity index is 1380. The van der Waals surface area contributed by atoms with Crippen LogP contribution < -0.4 is 9.64 Å². The monoisotopic (exact) mass is 533 g/mol. The molecule has 0 amide bonds. The van der Waals surface area contributed by atoms with Crippen LogP contribution in [0.15, 0.2) is 103 Å². The quantitative estimate of drug-likeness (QED) is 0.0837. The summed E-state index contributed by atoms with van der Waals surface area (Å²) in [5.74, 6) is 0.200. The van der Waals surface area contributed by atoms with E-state index in [4.69, 9.17) is 9.47 Å². The summed E-state index contributed by atoms with van der Waals surface area (Å²) in [5.41, 5.74) is 5.48. The molecule has 0 fully saturated rings. The molecule has 0 heterocycles. The minimum absolute atomic E-state index is 0.128. The van der Waals surface area contributed by atoms with Crippen LogP contribution in [0.4, 0.5) is 17.1 Å². The van der Waals surface area contributed by atoms with Crippen molar-refractivity contribution < 1.29 is 19.1 Å². The Morgan fingerprint density at radius 1 is 0.725 bits per heavy atom. The van der Waals surface area contributed by atoms with Crippen molar-refractivity contribution in [3.8, 4) is 5.75 Å². The van der Waals surface area contributed by atoms with E-state index in [1.54, 1.807) is 6.07 Å². The van der Waals surface area contributed by atoms with E-state index in [-0.39, 0.29) is 24.6 Å². The lowest BCUT2D eigenvalue weighted by Crippen LogP contribution is -2.18. The second kappa shape index (κ2) is 13.4. The molecule has 0 saturated carbocycles. The number of hydrogen-bond donors (Lipinski definition) is 0. The molecule has 0 N–H and O–H groups in total. The minimum atomic E-state index is -0.259. The number of anilines is 3. The van der Waals surface area contributed by atoms with E-state index in [1.165, 1.54) is 0 Å². The minimum Gasteiger partial charge on any atom is -0.489 e. The zero-order valence-corrected chi connectivity index (χ0v) is 23.2. The number of hydrogen-bond acceptors (Lipinski definition) is 5. The van der Waals surface area contributed by atoms with Crippen molar-refractivity contribution >= 4 is 41.5 Å². The molecule has 0 aliphatic carbocycles. The molecule has 4 aromatic rings. The van der Waals surface area contributed by atoms with Gasteiger partial charge in [0.2, 0.25) is 0 Å². The number of benzene rings is 4. The summed E-state index contributed by atoms with van der Waals surface area (Å²) in [5, 5.41) is 0. The van der Waals surface area contributed by atoms with Crippen LogP contribution in [0.3, 0.4) is 0 Å². The number of aldehydes is 1. The van der Waals surface area contributed by atoms with E-state index < -0.39 is 0 Å². The predicted molar refractivity (Wildman–Crippen MR) is 162 cm³/mol. The summed E-state index contributed by atoms with van der Waals surface area (Å²) in [4.78, 5) is 25.7. The summed E-state index contributed by atoms with van der Waals surface area (Å²) in [7, 11) is 0. The maximum Gasteiger partial charge on any atom is 0.306 e. The Hall–Kier alpha value is -4.64. The number of rotatable bonds is 11. The van der Waals surface area contributed by atoms with Crippen LogP contribution in [-0.4, -0.2) is 25.5 Å².